The molecule has 1 saturated carbocycles. The molecule has 13 heavy (non-hydrogen) atoms. The second-order valence-corrected chi connectivity index (χ2v) is 4.37. The molecule has 0 amide bonds. The predicted octanol–water partition coefficient (Wildman–Crippen LogP) is 1.30. The summed E-state index contributed by atoms with van der Waals surface area (Å²) in [5.41, 5.74) is 0. The fourth-order valence-electron chi connectivity index (χ4n) is 2.08. The Hall–Kier alpha value is -0.120. The molecule has 1 aliphatic carbocycles. The molecule has 0 radical (unpaired) electrons. The van der Waals surface area contributed by atoms with Gasteiger partial charge in [0.15, 0.2) is 5.79 Å². The van der Waals surface area contributed by atoms with Gasteiger partial charge in [0.1, 0.15) is 6.10 Å². The van der Waals surface area contributed by atoms with Crippen LogP contribution in [0.1, 0.15) is 32.6 Å². The van der Waals surface area contributed by atoms with Crippen LogP contribution in [0.15, 0.2) is 0 Å². The van der Waals surface area contributed by atoms with Crippen molar-refractivity contribution < 1.29 is 14.6 Å². The Morgan fingerprint density at radius 1 is 1.15 bits per heavy atom. The van der Waals surface area contributed by atoms with Gasteiger partial charge in [-0.2, -0.15) is 0 Å². The molecular weight excluding hydrogens is 168 g/mol. The molecule has 1 heterocycles. The van der Waals surface area contributed by atoms with Crippen LogP contribution in [0.25, 0.3) is 0 Å². The second-order valence-electron chi connectivity index (χ2n) is 4.37. The van der Waals surface area contributed by atoms with Gasteiger partial charge in [-0.05, 0) is 18.8 Å². The predicted molar refractivity (Wildman–Crippen MR) is 48.3 cm³/mol. The van der Waals surface area contributed by atoms with Crippen molar-refractivity contribution >= 4 is 0 Å². The first kappa shape index (κ1) is 9.44. The normalized spacial score (nSPS) is 46.6. The molecule has 2 aliphatic rings. The van der Waals surface area contributed by atoms with Crippen molar-refractivity contribution in [3.05, 3.63) is 0 Å². The van der Waals surface area contributed by atoms with Crippen LogP contribution in [0.3, 0.4) is 0 Å². The van der Waals surface area contributed by atoms with Crippen molar-refractivity contribution in [3.8, 4) is 0 Å². The summed E-state index contributed by atoms with van der Waals surface area (Å²) in [4.78, 5) is 0. The van der Waals surface area contributed by atoms with Crippen molar-refractivity contribution in [1.82, 2.24) is 0 Å². The molecule has 0 bridgehead atoms. The summed E-state index contributed by atoms with van der Waals surface area (Å²) in [6.07, 6.45) is 3.90. The minimum absolute atomic E-state index is 0.342. The highest BCUT2D eigenvalue weighted by Crippen LogP contribution is 2.37. The molecule has 0 aromatic rings. The molecule has 0 aromatic heterocycles. The molecule has 2 rings (SSSR count). The molecule has 2 fully saturated rings. The minimum Gasteiger partial charge on any atom is -0.388 e. The fraction of sp³-hybridized carbons (Fsp3) is 1.00. The number of aliphatic hydroxyl groups is 1. The number of rotatable bonds is 0. The molecule has 1 saturated heterocycles. The van der Waals surface area contributed by atoms with Crippen molar-refractivity contribution in [2.75, 3.05) is 13.2 Å². The molecule has 3 heteroatoms. The largest absolute Gasteiger partial charge is 0.388 e. The van der Waals surface area contributed by atoms with E-state index in [-0.39, 0.29) is 5.79 Å². The lowest BCUT2D eigenvalue weighted by atomic mass is 9.86. The smallest absolute Gasteiger partial charge is 0.168 e. The van der Waals surface area contributed by atoms with Gasteiger partial charge in [0, 0.05) is 12.8 Å². The van der Waals surface area contributed by atoms with Gasteiger partial charge in [0.25, 0.3) is 0 Å². The summed E-state index contributed by atoms with van der Waals surface area (Å²) >= 11 is 0. The maximum atomic E-state index is 9.23. The highest BCUT2D eigenvalue weighted by Gasteiger charge is 2.39. The number of hydrogen-bond acceptors (Lipinski definition) is 3. The van der Waals surface area contributed by atoms with E-state index in [0.717, 1.165) is 18.8 Å². The van der Waals surface area contributed by atoms with Crippen molar-refractivity contribution in [2.45, 2.75) is 44.5 Å². The number of hydrogen-bond donors (Lipinski definition) is 1. The topological polar surface area (TPSA) is 38.7 Å². The minimum atomic E-state index is -0.426. The van der Waals surface area contributed by atoms with E-state index in [0.29, 0.717) is 13.2 Å². The Labute approximate surface area is 79.0 Å². The van der Waals surface area contributed by atoms with Crippen LogP contribution < -0.4 is 0 Å². The maximum absolute atomic E-state index is 9.23. The molecule has 0 unspecified atom stereocenters. The van der Waals surface area contributed by atoms with E-state index in [1.807, 2.05) is 0 Å². The Kier molecular flexibility index (Phi) is 2.58. The van der Waals surface area contributed by atoms with Crippen LogP contribution in [0.2, 0.25) is 0 Å². The summed E-state index contributed by atoms with van der Waals surface area (Å²) in [7, 11) is 0. The quantitative estimate of drug-likeness (QED) is 0.619. The Bertz CT molecular complexity index is 141. The SMILES string of the molecule is CC1CCC2(CC1)OCC(O)CO2. The van der Waals surface area contributed by atoms with Gasteiger partial charge in [-0.25, -0.2) is 0 Å². The zero-order chi connectivity index (χ0) is 9.31. The molecule has 0 atom stereocenters. The molecule has 1 aliphatic heterocycles. The van der Waals surface area contributed by atoms with E-state index in [4.69, 9.17) is 9.47 Å². The van der Waals surface area contributed by atoms with Gasteiger partial charge in [0.2, 0.25) is 0 Å². The standard InChI is InChI=1S/C10H18O3/c1-8-2-4-10(5-3-8)12-6-9(11)7-13-10/h8-9,11H,2-7H2,1H3. The summed E-state index contributed by atoms with van der Waals surface area (Å²) in [5, 5.41) is 9.23. The lowest BCUT2D eigenvalue weighted by molar-refractivity contribution is -0.305. The van der Waals surface area contributed by atoms with E-state index >= 15 is 0 Å². The zero-order valence-electron chi connectivity index (χ0n) is 8.16. The van der Waals surface area contributed by atoms with Crippen LogP contribution in [-0.2, 0) is 9.47 Å². The second kappa shape index (κ2) is 3.56. The van der Waals surface area contributed by atoms with E-state index < -0.39 is 6.10 Å². The van der Waals surface area contributed by atoms with E-state index in [9.17, 15) is 5.11 Å². The summed E-state index contributed by atoms with van der Waals surface area (Å²) in [5.74, 6) is 0.454. The zero-order valence-corrected chi connectivity index (χ0v) is 8.16. The third-order valence-corrected chi connectivity index (χ3v) is 3.11. The summed E-state index contributed by atoms with van der Waals surface area (Å²) in [6, 6.07) is 0. The van der Waals surface area contributed by atoms with Gasteiger partial charge < -0.3 is 14.6 Å². The molecule has 3 nitrogen and oxygen atoms in total. The van der Waals surface area contributed by atoms with Gasteiger partial charge >= 0.3 is 0 Å². The lowest BCUT2D eigenvalue weighted by Gasteiger charge is -2.42. The lowest BCUT2D eigenvalue weighted by Crippen LogP contribution is -2.48. The molecule has 1 N–H and O–H groups in total. The van der Waals surface area contributed by atoms with E-state index in [1.54, 1.807) is 0 Å². The Morgan fingerprint density at radius 2 is 1.69 bits per heavy atom. The average molecular weight is 186 g/mol. The van der Waals surface area contributed by atoms with Crippen LogP contribution >= 0.6 is 0 Å². The van der Waals surface area contributed by atoms with Crippen LogP contribution in [0.5, 0.6) is 0 Å². The van der Waals surface area contributed by atoms with Gasteiger partial charge in [-0.1, -0.05) is 6.92 Å². The first-order chi connectivity index (χ1) is 6.20. The van der Waals surface area contributed by atoms with Gasteiger partial charge in [-0.3, -0.25) is 0 Å². The van der Waals surface area contributed by atoms with Crippen molar-refractivity contribution in [1.29, 1.82) is 0 Å². The highest BCUT2D eigenvalue weighted by molar-refractivity contribution is 4.81. The van der Waals surface area contributed by atoms with E-state index in [1.165, 1.54) is 12.8 Å². The average Bonchev–Trinajstić information content (AvgIpc) is 2.16. The molecule has 76 valence electrons. The number of ether oxygens (including phenoxy) is 2. The molecule has 0 aromatic carbocycles. The van der Waals surface area contributed by atoms with Crippen molar-refractivity contribution in [2.24, 2.45) is 5.92 Å². The maximum Gasteiger partial charge on any atom is 0.168 e. The van der Waals surface area contributed by atoms with Crippen LogP contribution in [0, 0.1) is 5.92 Å². The third kappa shape index (κ3) is 2.03. The molecular formula is C10H18O3. The van der Waals surface area contributed by atoms with Crippen molar-refractivity contribution in [3.63, 3.8) is 0 Å². The van der Waals surface area contributed by atoms with Gasteiger partial charge in [-0.15, -0.1) is 0 Å². The van der Waals surface area contributed by atoms with E-state index in [2.05, 4.69) is 6.92 Å². The molecule has 1 spiro atoms. The first-order valence-electron chi connectivity index (χ1n) is 5.16. The first-order valence-corrected chi connectivity index (χ1v) is 5.16. The third-order valence-electron chi connectivity index (χ3n) is 3.11. The summed E-state index contributed by atoms with van der Waals surface area (Å²) in [6.45, 7) is 3.15. The highest BCUT2D eigenvalue weighted by atomic mass is 16.7. The monoisotopic (exact) mass is 186 g/mol. The Balaban J connectivity index is 1.90. The van der Waals surface area contributed by atoms with Crippen LogP contribution in [0.4, 0.5) is 0 Å². The summed E-state index contributed by atoms with van der Waals surface area (Å²) < 4.78 is 11.2. The number of aliphatic hydroxyl groups excluding tert-OH is 1. The fourth-order valence-corrected chi connectivity index (χ4v) is 2.08. The van der Waals surface area contributed by atoms with Gasteiger partial charge in [0.05, 0.1) is 13.2 Å². The Morgan fingerprint density at radius 3 is 2.23 bits per heavy atom. The van der Waals surface area contributed by atoms with Crippen LogP contribution in [-0.4, -0.2) is 30.2 Å².